The second kappa shape index (κ2) is 9.66. The average molecular weight is 563 g/mol. The fraction of sp³-hybridized carbons (Fsp3) is 0. The first-order valence-corrected chi connectivity index (χ1v) is 15.6. The Morgan fingerprint density at radius 1 is 0.279 bits per heavy atom. The van der Waals surface area contributed by atoms with E-state index in [0.717, 1.165) is 0 Å². The Hall–Kier alpha value is -5.24. The van der Waals surface area contributed by atoms with E-state index in [2.05, 4.69) is 158 Å². The zero-order valence-electron chi connectivity index (χ0n) is 23.4. The van der Waals surface area contributed by atoms with E-state index in [0.29, 0.717) is 0 Å². The van der Waals surface area contributed by atoms with E-state index in [-0.39, 0.29) is 0 Å². The van der Waals surface area contributed by atoms with Crippen LogP contribution in [0.15, 0.2) is 158 Å². The molecular formula is C42H26S. The molecule has 0 aliphatic heterocycles. The molecule has 1 aromatic heterocycles. The molecule has 0 aliphatic carbocycles. The first kappa shape index (κ1) is 24.4. The Kier molecular flexibility index (Phi) is 5.47. The van der Waals surface area contributed by atoms with Crippen LogP contribution in [0.4, 0.5) is 0 Å². The van der Waals surface area contributed by atoms with Gasteiger partial charge in [0.25, 0.3) is 0 Å². The van der Waals surface area contributed by atoms with Crippen LogP contribution in [0, 0.1) is 0 Å². The summed E-state index contributed by atoms with van der Waals surface area (Å²) >= 11 is 1.89. The average Bonchev–Trinajstić information content (AvgIpc) is 3.47. The van der Waals surface area contributed by atoms with Gasteiger partial charge in [0, 0.05) is 20.2 Å². The summed E-state index contributed by atoms with van der Waals surface area (Å²) in [7, 11) is 0. The standard InChI is InChI=1S/C42H26S/c1-2-11-27(12-3-1)29-23-30(25-31(24-29)32-18-10-19-39-38-17-8-9-20-41(38)43-42(32)39)28-21-22-37-35-15-5-4-13-33(35)34-14-6-7-16-36(34)40(37)26-28/h1-26H. The van der Waals surface area contributed by atoms with Crippen LogP contribution in [0.3, 0.4) is 0 Å². The molecule has 8 aromatic carbocycles. The molecule has 200 valence electrons. The second-order valence-corrected chi connectivity index (χ2v) is 12.3. The van der Waals surface area contributed by atoms with E-state index >= 15 is 0 Å². The van der Waals surface area contributed by atoms with Crippen LogP contribution in [-0.2, 0) is 0 Å². The minimum Gasteiger partial charge on any atom is -0.135 e. The monoisotopic (exact) mass is 562 g/mol. The molecule has 0 atom stereocenters. The van der Waals surface area contributed by atoms with E-state index in [4.69, 9.17) is 0 Å². The first-order valence-electron chi connectivity index (χ1n) is 14.8. The Bertz CT molecular complexity index is 2460. The Morgan fingerprint density at radius 3 is 1.53 bits per heavy atom. The van der Waals surface area contributed by atoms with E-state index in [1.54, 1.807) is 0 Å². The van der Waals surface area contributed by atoms with Gasteiger partial charge < -0.3 is 0 Å². The van der Waals surface area contributed by atoms with Crippen LogP contribution in [0.2, 0.25) is 0 Å². The topological polar surface area (TPSA) is 0 Å². The van der Waals surface area contributed by atoms with Crippen molar-refractivity contribution in [2.75, 3.05) is 0 Å². The number of benzene rings is 8. The van der Waals surface area contributed by atoms with Gasteiger partial charge >= 0.3 is 0 Å². The highest BCUT2D eigenvalue weighted by molar-refractivity contribution is 7.26. The van der Waals surface area contributed by atoms with Gasteiger partial charge in [0.1, 0.15) is 0 Å². The maximum absolute atomic E-state index is 2.40. The Labute approximate surface area is 254 Å². The predicted molar refractivity (Wildman–Crippen MR) is 188 cm³/mol. The molecule has 0 radical (unpaired) electrons. The fourth-order valence-corrected chi connectivity index (χ4v) is 8.05. The van der Waals surface area contributed by atoms with Crippen molar-refractivity contribution in [1.29, 1.82) is 0 Å². The number of thiophene rings is 1. The summed E-state index contributed by atoms with van der Waals surface area (Å²) in [5.41, 5.74) is 7.46. The number of rotatable bonds is 3. The van der Waals surface area contributed by atoms with Crippen LogP contribution < -0.4 is 0 Å². The zero-order valence-corrected chi connectivity index (χ0v) is 24.2. The molecule has 9 rings (SSSR count). The molecule has 0 spiro atoms. The molecule has 0 unspecified atom stereocenters. The smallest absolute Gasteiger partial charge is 0.0433 e. The Balaban J connectivity index is 1.32. The maximum atomic E-state index is 2.40. The molecule has 0 saturated carbocycles. The van der Waals surface area contributed by atoms with Crippen molar-refractivity contribution in [1.82, 2.24) is 0 Å². The third kappa shape index (κ3) is 3.90. The minimum atomic E-state index is 1.23. The number of hydrogen-bond acceptors (Lipinski definition) is 1. The predicted octanol–water partition coefficient (Wildman–Crippen LogP) is 12.5. The third-order valence-electron chi connectivity index (χ3n) is 8.83. The largest absolute Gasteiger partial charge is 0.135 e. The summed E-state index contributed by atoms with van der Waals surface area (Å²) in [6.45, 7) is 0. The van der Waals surface area contributed by atoms with E-state index in [1.807, 2.05) is 11.3 Å². The highest BCUT2D eigenvalue weighted by Crippen LogP contribution is 2.43. The lowest BCUT2D eigenvalue weighted by Crippen LogP contribution is -1.88. The summed E-state index contributed by atoms with van der Waals surface area (Å²) in [4.78, 5) is 0. The molecule has 0 bridgehead atoms. The van der Waals surface area contributed by atoms with Gasteiger partial charge in [0.2, 0.25) is 0 Å². The van der Waals surface area contributed by atoms with E-state index in [9.17, 15) is 0 Å². The van der Waals surface area contributed by atoms with Crippen LogP contribution in [-0.4, -0.2) is 0 Å². The van der Waals surface area contributed by atoms with Crippen LogP contribution in [0.25, 0.3) is 85.9 Å². The van der Waals surface area contributed by atoms with Crippen molar-refractivity contribution in [2.24, 2.45) is 0 Å². The van der Waals surface area contributed by atoms with Crippen LogP contribution in [0.5, 0.6) is 0 Å². The minimum absolute atomic E-state index is 1.23. The normalized spacial score (nSPS) is 11.7. The molecule has 1 heterocycles. The summed E-state index contributed by atoms with van der Waals surface area (Å²) in [6, 6.07) is 58.0. The maximum Gasteiger partial charge on any atom is 0.0433 e. The van der Waals surface area contributed by atoms with Crippen LogP contribution in [0.1, 0.15) is 0 Å². The summed E-state index contributed by atoms with van der Waals surface area (Å²) in [5.74, 6) is 0. The van der Waals surface area contributed by atoms with Crippen molar-refractivity contribution in [3.8, 4) is 33.4 Å². The van der Waals surface area contributed by atoms with Gasteiger partial charge in [0.15, 0.2) is 0 Å². The van der Waals surface area contributed by atoms with Crippen LogP contribution >= 0.6 is 11.3 Å². The van der Waals surface area contributed by atoms with Gasteiger partial charge in [0.05, 0.1) is 0 Å². The molecule has 0 aliphatic rings. The molecule has 0 N–H and O–H groups in total. The molecular weight excluding hydrogens is 537 g/mol. The molecule has 43 heavy (non-hydrogen) atoms. The van der Waals surface area contributed by atoms with Crippen molar-refractivity contribution in [3.05, 3.63) is 158 Å². The van der Waals surface area contributed by atoms with Gasteiger partial charge in [-0.25, -0.2) is 0 Å². The summed E-state index contributed by atoms with van der Waals surface area (Å²) in [5, 5.41) is 10.5. The van der Waals surface area contributed by atoms with Crippen molar-refractivity contribution >= 4 is 63.8 Å². The Morgan fingerprint density at radius 2 is 0.814 bits per heavy atom. The number of hydrogen-bond donors (Lipinski definition) is 0. The lowest BCUT2D eigenvalue weighted by molar-refractivity contribution is 1.59. The third-order valence-corrected chi connectivity index (χ3v) is 10.1. The molecule has 0 fully saturated rings. The molecule has 0 amide bonds. The lowest BCUT2D eigenvalue weighted by Gasteiger charge is -2.14. The first-order chi connectivity index (χ1) is 21.3. The van der Waals surface area contributed by atoms with Crippen molar-refractivity contribution in [2.45, 2.75) is 0 Å². The van der Waals surface area contributed by atoms with Gasteiger partial charge in [-0.3, -0.25) is 0 Å². The van der Waals surface area contributed by atoms with Crippen molar-refractivity contribution in [3.63, 3.8) is 0 Å². The molecule has 9 aromatic rings. The number of fused-ring (bicyclic) bond motifs is 9. The van der Waals surface area contributed by atoms with Gasteiger partial charge in [-0.2, -0.15) is 0 Å². The highest BCUT2D eigenvalue weighted by Gasteiger charge is 2.14. The van der Waals surface area contributed by atoms with Gasteiger partial charge in [-0.05, 0) is 96.0 Å². The van der Waals surface area contributed by atoms with Gasteiger partial charge in [-0.1, -0.05) is 127 Å². The zero-order chi connectivity index (χ0) is 28.3. The van der Waals surface area contributed by atoms with E-state index in [1.165, 1.54) is 85.9 Å². The highest BCUT2D eigenvalue weighted by atomic mass is 32.1. The molecule has 0 nitrogen and oxygen atoms in total. The SMILES string of the molecule is c1ccc(-c2cc(-c3ccc4c5ccccc5c5ccccc5c4c3)cc(-c3cccc4c3sc3ccccc34)c2)cc1. The molecule has 0 saturated heterocycles. The fourth-order valence-electron chi connectivity index (χ4n) is 6.81. The van der Waals surface area contributed by atoms with E-state index < -0.39 is 0 Å². The summed E-state index contributed by atoms with van der Waals surface area (Å²) < 4.78 is 2.67. The second-order valence-electron chi connectivity index (χ2n) is 11.3. The quantitative estimate of drug-likeness (QED) is 0.188. The lowest BCUT2D eigenvalue weighted by atomic mass is 9.90. The summed E-state index contributed by atoms with van der Waals surface area (Å²) in [6.07, 6.45) is 0. The van der Waals surface area contributed by atoms with Gasteiger partial charge in [-0.15, -0.1) is 11.3 Å². The van der Waals surface area contributed by atoms with Crippen molar-refractivity contribution < 1.29 is 0 Å². The molecule has 1 heteroatoms.